The second-order valence-corrected chi connectivity index (χ2v) is 7.53. The van der Waals surface area contributed by atoms with E-state index >= 15 is 0 Å². The van der Waals surface area contributed by atoms with Gasteiger partial charge in [0.2, 0.25) is 0 Å². The first kappa shape index (κ1) is 13.5. The number of piperazine rings is 1. The Balaban J connectivity index is 1.82. The van der Waals surface area contributed by atoms with E-state index in [4.69, 9.17) is 0 Å². The molecule has 100 valence electrons. The van der Waals surface area contributed by atoms with Crippen LogP contribution in [-0.4, -0.2) is 63.8 Å². The summed E-state index contributed by atoms with van der Waals surface area (Å²) >= 11 is 0. The molecule has 0 aromatic carbocycles. The molecule has 3 nitrogen and oxygen atoms in total. The van der Waals surface area contributed by atoms with Gasteiger partial charge < -0.3 is 0 Å². The van der Waals surface area contributed by atoms with Crippen LogP contribution in [-0.2, 0) is 10.8 Å². The van der Waals surface area contributed by atoms with E-state index in [2.05, 4.69) is 23.6 Å². The molecule has 0 amide bonds. The molecule has 0 aromatic heterocycles. The topological polar surface area (TPSA) is 23.6 Å². The summed E-state index contributed by atoms with van der Waals surface area (Å²) in [5, 5.41) is 0.337. The molecule has 4 heteroatoms. The lowest BCUT2D eigenvalue weighted by molar-refractivity contribution is 0.0589. The molecule has 2 aliphatic heterocycles. The zero-order chi connectivity index (χ0) is 12.4. The quantitative estimate of drug-likeness (QED) is 0.760. The van der Waals surface area contributed by atoms with Crippen molar-refractivity contribution in [3.8, 4) is 0 Å². The van der Waals surface area contributed by atoms with Crippen molar-refractivity contribution in [1.29, 1.82) is 0 Å². The van der Waals surface area contributed by atoms with Crippen LogP contribution in [0.3, 0.4) is 0 Å². The van der Waals surface area contributed by atoms with Crippen LogP contribution >= 0.6 is 0 Å². The maximum atomic E-state index is 11.4. The predicted molar refractivity (Wildman–Crippen MR) is 73.8 cm³/mol. The van der Waals surface area contributed by atoms with Gasteiger partial charge in [-0.2, -0.15) is 0 Å². The molecule has 2 fully saturated rings. The maximum absolute atomic E-state index is 11.4. The molecule has 4 unspecified atom stereocenters. The van der Waals surface area contributed by atoms with E-state index in [1.165, 1.54) is 32.5 Å². The summed E-state index contributed by atoms with van der Waals surface area (Å²) in [4.78, 5) is 5.26. The molecule has 17 heavy (non-hydrogen) atoms. The fourth-order valence-electron chi connectivity index (χ4n) is 3.07. The predicted octanol–water partition coefficient (Wildman–Crippen LogP) is 1.31. The fourth-order valence-corrected chi connectivity index (χ4v) is 3.51. The van der Waals surface area contributed by atoms with E-state index < -0.39 is 10.8 Å². The molecule has 0 N–H and O–H groups in total. The van der Waals surface area contributed by atoms with Gasteiger partial charge in [-0.05, 0) is 39.3 Å². The van der Waals surface area contributed by atoms with Gasteiger partial charge in [-0.3, -0.25) is 14.0 Å². The Bertz CT molecular complexity index is 285. The Labute approximate surface area is 108 Å². The minimum atomic E-state index is -0.668. The van der Waals surface area contributed by atoms with Crippen LogP contribution in [0.2, 0.25) is 0 Å². The monoisotopic (exact) mass is 258 g/mol. The first-order chi connectivity index (χ1) is 8.08. The number of nitrogens with zero attached hydrogens (tertiary/aromatic N) is 2. The smallest absolute Gasteiger partial charge is 0.0329 e. The van der Waals surface area contributed by atoms with E-state index in [-0.39, 0.29) is 0 Å². The van der Waals surface area contributed by atoms with Crippen molar-refractivity contribution in [3.05, 3.63) is 0 Å². The third-order valence-electron chi connectivity index (χ3n) is 4.46. The highest BCUT2D eigenvalue weighted by atomic mass is 32.2. The van der Waals surface area contributed by atoms with Gasteiger partial charge in [-0.1, -0.05) is 6.92 Å². The van der Waals surface area contributed by atoms with Crippen LogP contribution < -0.4 is 0 Å². The highest BCUT2D eigenvalue weighted by molar-refractivity contribution is 7.84. The van der Waals surface area contributed by atoms with Gasteiger partial charge in [0.05, 0.1) is 0 Å². The van der Waals surface area contributed by atoms with Crippen molar-refractivity contribution in [3.63, 3.8) is 0 Å². The van der Waals surface area contributed by atoms with Gasteiger partial charge in [0.15, 0.2) is 0 Å². The maximum Gasteiger partial charge on any atom is 0.0329 e. The van der Waals surface area contributed by atoms with Crippen LogP contribution in [0.1, 0.15) is 33.1 Å². The summed E-state index contributed by atoms with van der Waals surface area (Å²) in [6.45, 7) is 9.32. The molecule has 2 heterocycles. The molecular formula is C13H26N2OS. The summed E-state index contributed by atoms with van der Waals surface area (Å²) in [6.07, 6.45) is 5.64. The van der Waals surface area contributed by atoms with Gasteiger partial charge in [0.25, 0.3) is 0 Å². The minimum Gasteiger partial charge on any atom is -0.298 e. The summed E-state index contributed by atoms with van der Waals surface area (Å²) in [5.41, 5.74) is 0. The number of hydrogen-bond acceptors (Lipinski definition) is 3. The van der Waals surface area contributed by atoms with Gasteiger partial charge in [-0.25, -0.2) is 0 Å². The summed E-state index contributed by atoms with van der Waals surface area (Å²) < 4.78 is 11.4. The first-order valence-corrected chi connectivity index (χ1v) is 8.50. The molecule has 0 bridgehead atoms. The van der Waals surface area contributed by atoms with E-state index in [0.29, 0.717) is 11.3 Å². The Hall–Kier alpha value is 0.0700. The van der Waals surface area contributed by atoms with Crippen molar-refractivity contribution in [2.24, 2.45) is 0 Å². The molecule has 2 saturated heterocycles. The second-order valence-electron chi connectivity index (χ2n) is 5.73. The van der Waals surface area contributed by atoms with Gasteiger partial charge in [-0.15, -0.1) is 0 Å². The largest absolute Gasteiger partial charge is 0.298 e. The lowest BCUT2D eigenvalue weighted by Crippen LogP contribution is -2.55. The minimum absolute atomic E-state index is 0.337. The van der Waals surface area contributed by atoms with Gasteiger partial charge in [0.1, 0.15) is 0 Å². The van der Waals surface area contributed by atoms with Crippen LogP contribution in [0.25, 0.3) is 0 Å². The average molecular weight is 258 g/mol. The standard InChI is InChI=1S/C13H26N2OS/c1-11-9-15-7-4-5-13(15)10-14(11)8-6-12(2)17(3)16/h11-13H,4-10H2,1-3H3. The van der Waals surface area contributed by atoms with E-state index in [0.717, 1.165) is 19.0 Å². The Morgan fingerprint density at radius 1 is 1.41 bits per heavy atom. The molecule has 0 saturated carbocycles. The highest BCUT2D eigenvalue weighted by Crippen LogP contribution is 2.24. The number of hydrogen-bond donors (Lipinski definition) is 0. The van der Waals surface area contributed by atoms with Crippen LogP contribution in [0.15, 0.2) is 0 Å². The summed E-state index contributed by atoms with van der Waals surface area (Å²) in [6, 6.07) is 1.47. The molecule has 2 rings (SSSR count). The number of rotatable bonds is 4. The zero-order valence-electron chi connectivity index (χ0n) is 11.4. The van der Waals surface area contributed by atoms with Crippen molar-refractivity contribution < 1.29 is 4.21 Å². The average Bonchev–Trinajstić information content (AvgIpc) is 2.72. The normalized spacial score (nSPS) is 34.5. The third kappa shape index (κ3) is 3.30. The third-order valence-corrected chi connectivity index (χ3v) is 5.82. The fraction of sp³-hybridized carbons (Fsp3) is 1.00. The van der Waals surface area contributed by atoms with E-state index in [9.17, 15) is 4.21 Å². The van der Waals surface area contributed by atoms with Crippen molar-refractivity contribution in [2.75, 3.05) is 32.4 Å². The Morgan fingerprint density at radius 3 is 2.88 bits per heavy atom. The lowest BCUT2D eigenvalue weighted by atomic mass is 10.1. The molecule has 2 aliphatic rings. The zero-order valence-corrected chi connectivity index (χ0v) is 12.2. The molecular weight excluding hydrogens is 232 g/mol. The number of fused-ring (bicyclic) bond motifs is 1. The molecule has 0 aromatic rings. The Kier molecular flexibility index (Phi) is 4.61. The van der Waals surface area contributed by atoms with E-state index in [1.807, 2.05) is 6.26 Å². The SMILES string of the molecule is CC1CN2CCCC2CN1CCC(C)S(C)=O. The van der Waals surface area contributed by atoms with Crippen molar-refractivity contribution in [2.45, 2.75) is 50.4 Å². The molecule has 4 atom stereocenters. The van der Waals surface area contributed by atoms with Crippen LogP contribution in [0, 0.1) is 0 Å². The molecule has 0 radical (unpaired) electrons. The van der Waals surface area contributed by atoms with Crippen LogP contribution in [0.5, 0.6) is 0 Å². The summed E-state index contributed by atoms with van der Waals surface area (Å²) in [7, 11) is -0.668. The molecule has 0 spiro atoms. The van der Waals surface area contributed by atoms with Gasteiger partial charge in [0, 0.05) is 47.5 Å². The van der Waals surface area contributed by atoms with E-state index in [1.54, 1.807) is 0 Å². The van der Waals surface area contributed by atoms with Gasteiger partial charge >= 0.3 is 0 Å². The summed E-state index contributed by atoms with van der Waals surface area (Å²) in [5.74, 6) is 0. The van der Waals surface area contributed by atoms with Crippen LogP contribution in [0.4, 0.5) is 0 Å². The van der Waals surface area contributed by atoms with Crippen molar-refractivity contribution in [1.82, 2.24) is 9.80 Å². The highest BCUT2D eigenvalue weighted by Gasteiger charge is 2.34. The molecule has 0 aliphatic carbocycles. The lowest BCUT2D eigenvalue weighted by Gasteiger charge is -2.42. The van der Waals surface area contributed by atoms with Crippen molar-refractivity contribution >= 4 is 10.8 Å². The second kappa shape index (κ2) is 5.81. The first-order valence-electron chi connectivity index (χ1n) is 6.88. The Morgan fingerprint density at radius 2 is 2.18 bits per heavy atom.